The SMILES string of the molecule is Cc1nc(N(C)C)c2c(N3CC4CCC(C3)N4C(=O)OC(C)(C)C)nc(OC[C@@]34CCCN3C[C@H](F)C4)nc2c1F. The molecular formula is C29H41F2N7O3. The first-order valence-electron chi connectivity index (χ1n) is 14.7. The fraction of sp³-hybridized carbons (Fsp3) is 0.724. The van der Waals surface area contributed by atoms with Crippen molar-refractivity contribution in [2.75, 3.05) is 56.7 Å². The first-order valence-corrected chi connectivity index (χ1v) is 14.7. The summed E-state index contributed by atoms with van der Waals surface area (Å²) in [4.78, 5) is 35.0. The molecule has 4 aliphatic rings. The summed E-state index contributed by atoms with van der Waals surface area (Å²) in [6.07, 6.45) is 2.79. The van der Waals surface area contributed by atoms with Crippen molar-refractivity contribution in [3.63, 3.8) is 0 Å². The maximum atomic E-state index is 15.7. The normalized spacial score (nSPS) is 28.0. The Labute approximate surface area is 240 Å². The summed E-state index contributed by atoms with van der Waals surface area (Å²) in [5, 5.41) is 0.515. The van der Waals surface area contributed by atoms with Gasteiger partial charge in [0.1, 0.15) is 35.5 Å². The van der Waals surface area contributed by atoms with Crippen molar-refractivity contribution in [2.24, 2.45) is 0 Å². The third-order valence-corrected chi connectivity index (χ3v) is 8.93. The third kappa shape index (κ3) is 5.02. The summed E-state index contributed by atoms with van der Waals surface area (Å²) in [6.45, 7) is 9.79. The Balaban J connectivity index is 1.37. The fourth-order valence-corrected chi connectivity index (χ4v) is 7.18. The van der Waals surface area contributed by atoms with Gasteiger partial charge in [0, 0.05) is 40.2 Å². The van der Waals surface area contributed by atoms with Crippen molar-refractivity contribution in [3.8, 4) is 6.01 Å². The molecule has 2 unspecified atom stereocenters. The van der Waals surface area contributed by atoms with Gasteiger partial charge in [-0.25, -0.2) is 18.6 Å². The minimum atomic E-state index is -0.877. The number of carbonyl (C=O) groups is 1. The molecule has 0 saturated carbocycles. The van der Waals surface area contributed by atoms with Crippen LogP contribution in [0.3, 0.4) is 0 Å². The van der Waals surface area contributed by atoms with Gasteiger partial charge in [-0.1, -0.05) is 0 Å². The number of anilines is 2. The van der Waals surface area contributed by atoms with Gasteiger partial charge in [0.05, 0.1) is 28.7 Å². The van der Waals surface area contributed by atoms with Gasteiger partial charge in [-0.3, -0.25) is 9.80 Å². The van der Waals surface area contributed by atoms with Crippen molar-refractivity contribution in [3.05, 3.63) is 11.5 Å². The molecule has 0 radical (unpaired) electrons. The summed E-state index contributed by atoms with van der Waals surface area (Å²) in [7, 11) is 3.72. The molecule has 6 heterocycles. The molecule has 6 rings (SSSR count). The molecule has 4 aliphatic heterocycles. The van der Waals surface area contributed by atoms with Crippen LogP contribution < -0.4 is 14.5 Å². The molecule has 224 valence electrons. The van der Waals surface area contributed by atoms with E-state index in [-0.39, 0.29) is 47.5 Å². The van der Waals surface area contributed by atoms with E-state index in [1.165, 1.54) is 0 Å². The summed E-state index contributed by atoms with van der Waals surface area (Å²) in [5.74, 6) is 0.593. The van der Waals surface area contributed by atoms with E-state index in [4.69, 9.17) is 14.5 Å². The number of amides is 1. The number of rotatable bonds is 5. The highest BCUT2D eigenvalue weighted by atomic mass is 19.1. The van der Waals surface area contributed by atoms with Gasteiger partial charge >= 0.3 is 12.1 Å². The van der Waals surface area contributed by atoms with Crippen LogP contribution in [0.4, 0.5) is 25.2 Å². The number of alkyl halides is 1. The Morgan fingerprint density at radius 3 is 2.49 bits per heavy atom. The van der Waals surface area contributed by atoms with Crippen LogP contribution in [0.15, 0.2) is 0 Å². The average Bonchev–Trinajstić information content (AvgIpc) is 3.50. The quantitative estimate of drug-likeness (QED) is 0.525. The number of aromatic nitrogens is 3. The van der Waals surface area contributed by atoms with Crippen LogP contribution in [-0.2, 0) is 4.74 Å². The second kappa shape index (κ2) is 10.1. The van der Waals surface area contributed by atoms with E-state index >= 15 is 4.39 Å². The zero-order valence-electron chi connectivity index (χ0n) is 24.9. The number of hydrogen-bond acceptors (Lipinski definition) is 9. The molecule has 10 nitrogen and oxygen atoms in total. The molecule has 2 aromatic rings. The van der Waals surface area contributed by atoms with E-state index in [0.29, 0.717) is 43.1 Å². The van der Waals surface area contributed by atoms with E-state index in [1.54, 1.807) is 6.92 Å². The van der Waals surface area contributed by atoms with Crippen molar-refractivity contribution >= 4 is 28.6 Å². The Morgan fingerprint density at radius 1 is 1.12 bits per heavy atom. The van der Waals surface area contributed by atoms with Crippen LogP contribution in [0, 0.1) is 12.7 Å². The topological polar surface area (TPSA) is 87.2 Å². The number of ether oxygens (including phenoxy) is 2. The second-order valence-corrected chi connectivity index (χ2v) is 13.3. The van der Waals surface area contributed by atoms with Crippen LogP contribution in [-0.4, -0.2) is 107 Å². The fourth-order valence-electron chi connectivity index (χ4n) is 7.18. The summed E-state index contributed by atoms with van der Waals surface area (Å²) in [5.41, 5.74) is -0.570. The number of carbonyl (C=O) groups excluding carboxylic acids is 1. The van der Waals surface area contributed by atoms with Gasteiger partial charge in [-0.2, -0.15) is 9.97 Å². The molecule has 0 spiro atoms. The number of halogens is 2. The van der Waals surface area contributed by atoms with Crippen molar-refractivity contribution in [2.45, 2.75) is 89.2 Å². The van der Waals surface area contributed by atoms with Gasteiger partial charge in [-0.05, 0) is 59.9 Å². The lowest BCUT2D eigenvalue weighted by atomic mass is 9.95. The number of aryl methyl sites for hydroxylation is 1. The first kappa shape index (κ1) is 28.1. The van der Waals surface area contributed by atoms with Gasteiger partial charge in [0.2, 0.25) is 0 Å². The maximum absolute atomic E-state index is 15.7. The van der Waals surface area contributed by atoms with Crippen LogP contribution in [0.25, 0.3) is 10.9 Å². The van der Waals surface area contributed by atoms with Crippen molar-refractivity contribution in [1.29, 1.82) is 0 Å². The van der Waals surface area contributed by atoms with Crippen LogP contribution >= 0.6 is 0 Å². The highest BCUT2D eigenvalue weighted by molar-refractivity contribution is 5.99. The van der Waals surface area contributed by atoms with Gasteiger partial charge < -0.3 is 19.3 Å². The minimum Gasteiger partial charge on any atom is -0.461 e. The Morgan fingerprint density at radius 2 is 1.83 bits per heavy atom. The molecule has 4 saturated heterocycles. The maximum Gasteiger partial charge on any atom is 0.410 e. The zero-order valence-corrected chi connectivity index (χ0v) is 24.9. The highest BCUT2D eigenvalue weighted by Crippen LogP contribution is 2.42. The number of fused-ring (bicyclic) bond motifs is 4. The van der Waals surface area contributed by atoms with E-state index in [2.05, 4.69) is 19.8 Å². The summed E-state index contributed by atoms with van der Waals surface area (Å²) >= 11 is 0. The lowest BCUT2D eigenvalue weighted by Gasteiger charge is -2.42. The minimum absolute atomic E-state index is 0.0602. The van der Waals surface area contributed by atoms with Gasteiger partial charge in [0.15, 0.2) is 5.82 Å². The zero-order chi connectivity index (χ0) is 29.3. The third-order valence-electron chi connectivity index (χ3n) is 8.93. The second-order valence-electron chi connectivity index (χ2n) is 13.3. The van der Waals surface area contributed by atoms with E-state index < -0.39 is 17.6 Å². The van der Waals surface area contributed by atoms with Gasteiger partial charge in [0.25, 0.3) is 0 Å². The van der Waals surface area contributed by atoms with Crippen LogP contribution in [0.5, 0.6) is 6.01 Å². The van der Waals surface area contributed by atoms with E-state index in [1.807, 2.05) is 44.7 Å². The molecular weight excluding hydrogens is 532 g/mol. The number of hydrogen-bond donors (Lipinski definition) is 0. The van der Waals surface area contributed by atoms with Crippen molar-refractivity contribution in [1.82, 2.24) is 24.8 Å². The summed E-state index contributed by atoms with van der Waals surface area (Å²) < 4.78 is 42.0. The predicted molar refractivity (Wildman–Crippen MR) is 152 cm³/mol. The summed E-state index contributed by atoms with van der Waals surface area (Å²) in [6, 6.07) is -0.0444. The molecule has 41 heavy (non-hydrogen) atoms. The van der Waals surface area contributed by atoms with Crippen LogP contribution in [0.2, 0.25) is 0 Å². The molecule has 1 amide bonds. The standard InChI is InChI=1S/C29H41F2N7O3/c1-17-22(31)23-21(24(32-17)35(5)6)25(34-26(33-23)40-16-29-10-7-11-37(29)13-18(30)12-29)36-14-19-8-9-20(15-36)38(19)27(39)41-28(2,3)4/h18-20H,7-16H2,1-6H3/t18-,19?,20?,29+/m1/s1. The molecule has 0 aliphatic carbocycles. The Bertz CT molecular complexity index is 1340. The largest absolute Gasteiger partial charge is 0.461 e. The average molecular weight is 574 g/mol. The molecule has 2 aromatic heterocycles. The predicted octanol–water partition coefficient (Wildman–Crippen LogP) is 4.08. The molecule has 0 aromatic carbocycles. The smallest absolute Gasteiger partial charge is 0.410 e. The Hall–Kier alpha value is -3.02. The molecule has 12 heteroatoms. The van der Waals surface area contributed by atoms with E-state index in [0.717, 1.165) is 32.2 Å². The molecule has 0 N–H and O–H groups in total. The molecule has 4 fully saturated rings. The monoisotopic (exact) mass is 573 g/mol. The van der Waals surface area contributed by atoms with E-state index in [9.17, 15) is 9.18 Å². The van der Waals surface area contributed by atoms with Gasteiger partial charge in [-0.15, -0.1) is 0 Å². The molecule has 2 bridgehead atoms. The first-order chi connectivity index (χ1) is 19.3. The lowest BCUT2D eigenvalue weighted by Crippen LogP contribution is -2.57. The van der Waals surface area contributed by atoms with Crippen molar-refractivity contribution < 1.29 is 23.0 Å². The van der Waals surface area contributed by atoms with Crippen LogP contribution in [0.1, 0.15) is 58.6 Å². The molecule has 4 atom stereocenters. The number of piperazine rings is 1. The Kier molecular flexibility index (Phi) is 6.90. The number of pyridine rings is 1. The lowest BCUT2D eigenvalue weighted by molar-refractivity contribution is 0.0122. The highest BCUT2D eigenvalue weighted by Gasteiger charge is 2.50. The number of nitrogens with zero attached hydrogens (tertiary/aromatic N) is 7.